The van der Waals surface area contributed by atoms with Crippen molar-refractivity contribution in [1.82, 2.24) is 0 Å². The first-order valence-electron chi connectivity index (χ1n) is 9.41. The van der Waals surface area contributed by atoms with E-state index in [9.17, 15) is 9.59 Å². The van der Waals surface area contributed by atoms with Gasteiger partial charge < -0.3 is 14.3 Å². The number of hydrogen-bond donors (Lipinski definition) is 0. The molecule has 0 amide bonds. The molecule has 2 aromatic rings. The molecule has 3 atom stereocenters. The second-order valence-corrected chi connectivity index (χ2v) is 7.19. The molecule has 4 rings (SSSR count). The Hall–Kier alpha value is -3.05. The molecule has 142 valence electrons. The van der Waals surface area contributed by atoms with Crippen LogP contribution in [0.4, 0.5) is 0 Å². The van der Waals surface area contributed by atoms with Crippen LogP contribution in [0.1, 0.15) is 30.9 Å². The highest BCUT2D eigenvalue weighted by Gasteiger charge is 2.39. The molecule has 0 radical (unpaired) electrons. The molecule has 5 nitrogen and oxygen atoms in total. The van der Waals surface area contributed by atoms with Crippen LogP contribution in [-0.2, 0) is 19.1 Å². The summed E-state index contributed by atoms with van der Waals surface area (Å²) in [7, 11) is 0. The molecule has 0 spiro atoms. The van der Waals surface area contributed by atoms with Gasteiger partial charge in [0.2, 0.25) is 5.90 Å². The minimum atomic E-state index is -0.432. The number of epoxide rings is 1. The van der Waals surface area contributed by atoms with Gasteiger partial charge in [-0.1, -0.05) is 55.5 Å². The molecule has 0 bridgehead atoms. The second kappa shape index (κ2) is 7.90. The van der Waals surface area contributed by atoms with Gasteiger partial charge in [0.25, 0.3) is 0 Å². The van der Waals surface area contributed by atoms with Crippen LogP contribution in [0.5, 0.6) is 0 Å². The maximum Gasteiger partial charge on any atom is 0.364 e. The quantitative estimate of drug-likeness (QED) is 0.320. The van der Waals surface area contributed by atoms with Crippen LogP contribution < -0.4 is 0 Å². The van der Waals surface area contributed by atoms with E-state index in [2.05, 4.69) is 11.9 Å². The summed E-state index contributed by atoms with van der Waals surface area (Å²) in [5.74, 6) is 0.119. The Balaban J connectivity index is 1.65. The number of carbonyl (C=O) groups is 2. The van der Waals surface area contributed by atoms with Gasteiger partial charge in [0.1, 0.15) is 6.10 Å². The standard InChI is InChI=1S/C23H21NO4/c1-15(13-19-20(14-25)27-19)12-18(16-8-4-2-5-9-16)21-23(26)28-22(24-21)17-10-6-3-7-11-17/h2-11,14-15,19-20H,12-13H2,1H3/b21-18+/t15-,19+,20+/m0/s1. The fourth-order valence-electron chi connectivity index (χ4n) is 3.49. The van der Waals surface area contributed by atoms with Gasteiger partial charge in [-0.3, -0.25) is 0 Å². The molecule has 0 aliphatic carbocycles. The van der Waals surface area contributed by atoms with Gasteiger partial charge in [-0.2, -0.15) is 0 Å². The van der Waals surface area contributed by atoms with Crippen molar-refractivity contribution < 1.29 is 19.1 Å². The van der Waals surface area contributed by atoms with Crippen molar-refractivity contribution in [3.05, 3.63) is 77.5 Å². The van der Waals surface area contributed by atoms with Crippen LogP contribution in [0.15, 0.2) is 71.4 Å². The average Bonchev–Trinajstić information content (AvgIpc) is 3.37. The van der Waals surface area contributed by atoms with Crippen molar-refractivity contribution in [2.24, 2.45) is 10.9 Å². The first kappa shape index (κ1) is 18.3. The molecule has 28 heavy (non-hydrogen) atoms. The molecule has 0 unspecified atom stereocenters. The SMILES string of the molecule is C[C@@H](C/C(=C1\N=C(c2ccccc2)OC1=O)c1ccccc1)C[C@H]1O[C@@H]1C=O. The Morgan fingerprint density at radius 3 is 2.43 bits per heavy atom. The largest absolute Gasteiger partial charge is 0.402 e. The van der Waals surface area contributed by atoms with Crippen molar-refractivity contribution in [1.29, 1.82) is 0 Å². The van der Waals surface area contributed by atoms with Crippen molar-refractivity contribution >= 4 is 23.7 Å². The van der Waals surface area contributed by atoms with Gasteiger partial charge >= 0.3 is 5.97 Å². The summed E-state index contributed by atoms with van der Waals surface area (Å²) in [5, 5.41) is 0. The van der Waals surface area contributed by atoms with E-state index < -0.39 is 5.97 Å². The zero-order valence-corrected chi connectivity index (χ0v) is 15.6. The lowest BCUT2D eigenvalue weighted by Crippen LogP contribution is -2.08. The number of aliphatic imine (C=N–C) groups is 1. The first-order valence-corrected chi connectivity index (χ1v) is 9.41. The predicted octanol–water partition coefficient (Wildman–Crippen LogP) is 3.78. The summed E-state index contributed by atoms with van der Waals surface area (Å²) in [6.07, 6.45) is 1.95. The number of allylic oxidation sites excluding steroid dienone is 1. The molecule has 2 aliphatic heterocycles. The van der Waals surface area contributed by atoms with Crippen LogP contribution in [0, 0.1) is 5.92 Å². The highest BCUT2D eigenvalue weighted by molar-refractivity contribution is 6.14. The minimum absolute atomic E-state index is 0.0200. The van der Waals surface area contributed by atoms with E-state index in [1.54, 1.807) is 0 Å². The molecule has 1 fully saturated rings. The Morgan fingerprint density at radius 1 is 1.11 bits per heavy atom. The third-order valence-electron chi connectivity index (χ3n) is 4.97. The highest BCUT2D eigenvalue weighted by Crippen LogP contribution is 2.35. The zero-order valence-electron chi connectivity index (χ0n) is 15.6. The average molecular weight is 375 g/mol. The number of nitrogens with zero attached hydrogens (tertiary/aromatic N) is 1. The third kappa shape index (κ3) is 3.94. The van der Waals surface area contributed by atoms with Gasteiger partial charge in [-0.25, -0.2) is 9.79 Å². The molecule has 2 aromatic carbocycles. The summed E-state index contributed by atoms with van der Waals surface area (Å²) >= 11 is 0. The van der Waals surface area contributed by atoms with E-state index in [0.29, 0.717) is 18.0 Å². The molecule has 2 heterocycles. The fourth-order valence-corrected chi connectivity index (χ4v) is 3.49. The normalized spacial score (nSPS) is 23.6. The van der Waals surface area contributed by atoms with Gasteiger partial charge in [0, 0.05) is 5.56 Å². The molecular weight excluding hydrogens is 354 g/mol. The molecule has 0 N–H and O–H groups in total. The summed E-state index contributed by atoms with van der Waals surface area (Å²) in [6, 6.07) is 19.2. The molecule has 1 saturated heterocycles. The number of esters is 1. The Bertz CT molecular complexity index is 934. The van der Waals surface area contributed by atoms with Crippen LogP contribution >= 0.6 is 0 Å². The molecule has 0 saturated carbocycles. The number of benzene rings is 2. The third-order valence-corrected chi connectivity index (χ3v) is 4.97. The van der Waals surface area contributed by atoms with Gasteiger partial charge in [0.15, 0.2) is 12.0 Å². The van der Waals surface area contributed by atoms with E-state index in [1.807, 2.05) is 60.7 Å². The molecular formula is C23H21NO4. The summed E-state index contributed by atoms with van der Waals surface area (Å²) in [4.78, 5) is 28.0. The van der Waals surface area contributed by atoms with Crippen molar-refractivity contribution in [2.45, 2.75) is 32.0 Å². The van der Waals surface area contributed by atoms with Crippen molar-refractivity contribution in [3.8, 4) is 0 Å². The lowest BCUT2D eigenvalue weighted by molar-refractivity contribution is -0.130. The predicted molar refractivity (Wildman–Crippen MR) is 106 cm³/mol. The Morgan fingerprint density at radius 2 is 1.79 bits per heavy atom. The summed E-state index contributed by atoms with van der Waals surface area (Å²) in [6.45, 7) is 2.09. The second-order valence-electron chi connectivity index (χ2n) is 7.19. The van der Waals surface area contributed by atoms with E-state index in [4.69, 9.17) is 9.47 Å². The van der Waals surface area contributed by atoms with E-state index >= 15 is 0 Å². The van der Waals surface area contributed by atoms with E-state index in [1.165, 1.54) is 0 Å². The number of cyclic esters (lactones) is 1. The van der Waals surface area contributed by atoms with Crippen molar-refractivity contribution in [3.63, 3.8) is 0 Å². The van der Waals surface area contributed by atoms with E-state index in [-0.39, 0.29) is 18.1 Å². The maximum absolute atomic E-state index is 12.6. The van der Waals surface area contributed by atoms with Crippen LogP contribution in [0.25, 0.3) is 5.57 Å². The first-order chi connectivity index (χ1) is 13.7. The Kier molecular flexibility index (Phi) is 5.17. The number of aldehydes is 1. The number of carbonyl (C=O) groups excluding carboxylic acids is 2. The Labute approximate surface area is 163 Å². The van der Waals surface area contributed by atoms with Crippen molar-refractivity contribution in [2.75, 3.05) is 0 Å². The van der Waals surface area contributed by atoms with Crippen LogP contribution in [0.3, 0.4) is 0 Å². The van der Waals surface area contributed by atoms with E-state index in [0.717, 1.165) is 29.4 Å². The lowest BCUT2D eigenvalue weighted by atomic mass is 9.90. The van der Waals surface area contributed by atoms with Crippen LogP contribution in [0.2, 0.25) is 0 Å². The monoisotopic (exact) mass is 375 g/mol. The van der Waals surface area contributed by atoms with Gasteiger partial charge in [-0.15, -0.1) is 0 Å². The summed E-state index contributed by atoms with van der Waals surface area (Å²) < 4.78 is 10.8. The smallest absolute Gasteiger partial charge is 0.364 e. The topological polar surface area (TPSA) is 68.3 Å². The minimum Gasteiger partial charge on any atom is -0.402 e. The highest BCUT2D eigenvalue weighted by atomic mass is 16.6. The fraction of sp³-hybridized carbons (Fsp3) is 0.261. The van der Waals surface area contributed by atoms with Crippen LogP contribution in [-0.4, -0.2) is 30.4 Å². The maximum atomic E-state index is 12.6. The molecule has 5 heteroatoms. The lowest BCUT2D eigenvalue weighted by Gasteiger charge is -2.14. The number of rotatable bonds is 7. The zero-order chi connectivity index (χ0) is 19.5. The number of hydrogen-bond acceptors (Lipinski definition) is 5. The number of ether oxygens (including phenoxy) is 2. The van der Waals surface area contributed by atoms with Gasteiger partial charge in [-0.05, 0) is 42.0 Å². The summed E-state index contributed by atoms with van der Waals surface area (Å²) in [5.41, 5.74) is 2.92. The molecule has 0 aromatic heterocycles. The molecule has 2 aliphatic rings. The van der Waals surface area contributed by atoms with Gasteiger partial charge in [0.05, 0.1) is 6.10 Å².